The summed E-state index contributed by atoms with van der Waals surface area (Å²) in [5.41, 5.74) is 2.38. The van der Waals surface area contributed by atoms with Gasteiger partial charge in [0.15, 0.2) is 0 Å². The van der Waals surface area contributed by atoms with Crippen LogP contribution in [0.15, 0.2) is 36.5 Å². The topological polar surface area (TPSA) is 39.9 Å². The van der Waals surface area contributed by atoms with Crippen molar-refractivity contribution >= 4 is 10.9 Å². The Morgan fingerprint density at radius 3 is 2.89 bits per heavy atom. The number of nitrogens with zero attached hydrogens (tertiary/aromatic N) is 3. The molecule has 1 aliphatic rings. The van der Waals surface area contributed by atoms with E-state index in [-0.39, 0.29) is 5.92 Å². The predicted molar refractivity (Wildman–Crippen MR) is 75.4 cm³/mol. The lowest BCUT2D eigenvalue weighted by atomic mass is 9.98. The number of fused-ring (bicyclic) bond motifs is 1. The third-order valence-electron chi connectivity index (χ3n) is 3.84. The maximum Gasteiger partial charge on any atom is 0.0702 e. The van der Waals surface area contributed by atoms with E-state index in [0.29, 0.717) is 0 Å². The lowest BCUT2D eigenvalue weighted by Gasteiger charge is -2.29. The number of nitriles is 1. The molecule has 1 aliphatic heterocycles. The first-order valence-corrected chi connectivity index (χ1v) is 6.81. The molecule has 3 rings (SSSR count). The second kappa shape index (κ2) is 5.38. The molecular formula is C16H17N3. The fourth-order valence-corrected chi connectivity index (χ4v) is 2.70. The van der Waals surface area contributed by atoms with Gasteiger partial charge in [0, 0.05) is 24.0 Å². The molecule has 1 aromatic heterocycles. The average molecular weight is 251 g/mol. The summed E-state index contributed by atoms with van der Waals surface area (Å²) in [6.45, 7) is 3.04. The van der Waals surface area contributed by atoms with Crippen LogP contribution in [0.4, 0.5) is 0 Å². The van der Waals surface area contributed by atoms with E-state index in [2.05, 4.69) is 40.2 Å². The van der Waals surface area contributed by atoms with E-state index in [9.17, 15) is 0 Å². The predicted octanol–water partition coefficient (Wildman–Crippen LogP) is 2.97. The van der Waals surface area contributed by atoms with Crippen molar-refractivity contribution in [3.63, 3.8) is 0 Å². The highest BCUT2D eigenvalue weighted by atomic mass is 15.1. The normalized spacial score (nSPS) is 17.4. The summed E-state index contributed by atoms with van der Waals surface area (Å²) < 4.78 is 0. The van der Waals surface area contributed by atoms with E-state index in [4.69, 9.17) is 5.26 Å². The van der Waals surface area contributed by atoms with Gasteiger partial charge in [-0.3, -0.25) is 9.88 Å². The minimum Gasteiger partial charge on any atom is -0.299 e. The van der Waals surface area contributed by atoms with Gasteiger partial charge in [-0.1, -0.05) is 12.1 Å². The zero-order valence-corrected chi connectivity index (χ0v) is 10.9. The lowest BCUT2D eigenvalue weighted by Crippen LogP contribution is -2.32. The molecule has 1 aromatic carbocycles. The molecule has 19 heavy (non-hydrogen) atoms. The molecule has 0 saturated carbocycles. The van der Waals surface area contributed by atoms with E-state index in [0.717, 1.165) is 38.0 Å². The molecule has 3 nitrogen and oxygen atoms in total. The monoisotopic (exact) mass is 251 g/mol. The number of likely N-dealkylation sites (tertiary alicyclic amines) is 1. The van der Waals surface area contributed by atoms with Crippen molar-refractivity contribution in [1.82, 2.24) is 9.88 Å². The quantitative estimate of drug-likeness (QED) is 0.823. The zero-order valence-electron chi connectivity index (χ0n) is 10.9. The van der Waals surface area contributed by atoms with Gasteiger partial charge in [-0.15, -0.1) is 0 Å². The van der Waals surface area contributed by atoms with Crippen molar-refractivity contribution in [2.45, 2.75) is 19.4 Å². The van der Waals surface area contributed by atoms with Gasteiger partial charge in [0.2, 0.25) is 0 Å². The van der Waals surface area contributed by atoms with E-state index >= 15 is 0 Å². The highest BCUT2D eigenvalue weighted by molar-refractivity contribution is 5.78. The highest BCUT2D eigenvalue weighted by Gasteiger charge is 2.18. The zero-order chi connectivity index (χ0) is 13.1. The second-order valence-electron chi connectivity index (χ2n) is 5.21. The highest BCUT2D eigenvalue weighted by Crippen LogP contribution is 2.20. The molecular weight excluding hydrogens is 234 g/mol. The van der Waals surface area contributed by atoms with Gasteiger partial charge >= 0.3 is 0 Å². The summed E-state index contributed by atoms with van der Waals surface area (Å²) in [6.07, 6.45) is 3.84. The van der Waals surface area contributed by atoms with Crippen LogP contribution in [0.25, 0.3) is 10.9 Å². The van der Waals surface area contributed by atoms with Gasteiger partial charge in [0.05, 0.1) is 11.6 Å². The fourth-order valence-electron chi connectivity index (χ4n) is 2.70. The molecule has 0 amide bonds. The summed E-state index contributed by atoms with van der Waals surface area (Å²) in [6, 6.07) is 12.9. The number of hydrogen-bond donors (Lipinski definition) is 0. The largest absolute Gasteiger partial charge is 0.299 e. The smallest absolute Gasteiger partial charge is 0.0702 e. The molecule has 0 aliphatic carbocycles. The molecule has 2 aromatic rings. The van der Waals surface area contributed by atoms with Gasteiger partial charge in [0.25, 0.3) is 0 Å². The molecule has 96 valence electrons. The van der Waals surface area contributed by atoms with Crippen molar-refractivity contribution in [2.75, 3.05) is 13.1 Å². The Labute approximate surface area is 113 Å². The molecule has 0 atom stereocenters. The molecule has 0 bridgehead atoms. The Hall–Kier alpha value is -1.92. The Morgan fingerprint density at radius 1 is 1.26 bits per heavy atom. The Morgan fingerprint density at radius 2 is 2.11 bits per heavy atom. The number of aromatic nitrogens is 1. The van der Waals surface area contributed by atoms with Crippen molar-refractivity contribution in [3.8, 4) is 6.07 Å². The molecule has 0 N–H and O–H groups in total. The van der Waals surface area contributed by atoms with E-state index in [1.54, 1.807) is 0 Å². The van der Waals surface area contributed by atoms with Crippen LogP contribution in [0.1, 0.15) is 18.4 Å². The maximum absolute atomic E-state index is 8.91. The van der Waals surface area contributed by atoms with Crippen molar-refractivity contribution < 1.29 is 0 Å². The van der Waals surface area contributed by atoms with E-state index < -0.39 is 0 Å². The van der Waals surface area contributed by atoms with Crippen LogP contribution in [0.2, 0.25) is 0 Å². The van der Waals surface area contributed by atoms with E-state index in [1.807, 2.05) is 12.3 Å². The van der Waals surface area contributed by atoms with Crippen LogP contribution in [-0.2, 0) is 6.54 Å². The SMILES string of the molecule is N#CC1CCN(Cc2ccc3ncccc3c2)CC1. The summed E-state index contributed by atoms with van der Waals surface area (Å²) >= 11 is 0. The molecule has 0 spiro atoms. The number of hydrogen-bond acceptors (Lipinski definition) is 3. The first-order valence-electron chi connectivity index (χ1n) is 6.81. The average Bonchev–Trinajstić information content (AvgIpc) is 2.48. The molecule has 2 heterocycles. The molecule has 0 unspecified atom stereocenters. The summed E-state index contributed by atoms with van der Waals surface area (Å²) in [5, 5.41) is 10.1. The molecule has 3 heteroatoms. The van der Waals surface area contributed by atoms with Gasteiger partial charge in [-0.05, 0) is 49.7 Å². The molecule has 0 radical (unpaired) electrons. The Kier molecular flexibility index (Phi) is 3.43. The summed E-state index contributed by atoms with van der Waals surface area (Å²) in [5.74, 6) is 0.261. The Bertz CT molecular complexity index is 607. The van der Waals surface area contributed by atoms with E-state index in [1.165, 1.54) is 10.9 Å². The van der Waals surface area contributed by atoms with Crippen LogP contribution >= 0.6 is 0 Å². The first-order chi connectivity index (χ1) is 9.35. The van der Waals surface area contributed by atoms with Crippen LogP contribution in [-0.4, -0.2) is 23.0 Å². The lowest BCUT2D eigenvalue weighted by molar-refractivity contribution is 0.198. The van der Waals surface area contributed by atoms with Crippen LogP contribution in [0, 0.1) is 17.2 Å². The number of rotatable bonds is 2. The number of piperidine rings is 1. The van der Waals surface area contributed by atoms with Gasteiger partial charge in [-0.2, -0.15) is 5.26 Å². The van der Waals surface area contributed by atoms with Gasteiger partial charge in [0.1, 0.15) is 0 Å². The first kappa shape index (κ1) is 12.1. The standard InChI is InChI=1S/C16H17N3/c17-11-13-5-8-19(9-6-13)12-14-3-4-16-15(10-14)2-1-7-18-16/h1-4,7,10,13H,5-6,8-9,12H2. The van der Waals surface area contributed by atoms with Crippen LogP contribution < -0.4 is 0 Å². The third-order valence-corrected chi connectivity index (χ3v) is 3.84. The minimum atomic E-state index is 0.261. The second-order valence-corrected chi connectivity index (χ2v) is 5.21. The number of pyridine rings is 1. The summed E-state index contributed by atoms with van der Waals surface area (Å²) in [7, 11) is 0. The minimum absolute atomic E-state index is 0.261. The Balaban J connectivity index is 1.70. The van der Waals surface area contributed by atoms with Crippen LogP contribution in [0.5, 0.6) is 0 Å². The molecule has 1 saturated heterocycles. The van der Waals surface area contributed by atoms with Crippen LogP contribution in [0.3, 0.4) is 0 Å². The number of benzene rings is 1. The van der Waals surface area contributed by atoms with Crippen molar-refractivity contribution in [1.29, 1.82) is 5.26 Å². The van der Waals surface area contributed by atoms with Gasteiger partial charge in [-0.25, -0.2) is 0 Å². The summed E-state index contributed by atoms with van der Waals surface area (Å²) in [4.78, 5) is 6.78. The third kappa shape index (κ3) is 2.74. The fraction of sp³-hybridized carbons (Fsp3) is 0.375. The van der Waals surface area contributed by atoms with Crippen molar-refractivity contribution in [3.05, 3.63) is 42.1 Å². The maximum atomic E-state index is 8.91. The molecule has 1 fully saturated rings. The van der Waals surface area contributed by atoms with Gasteiger partial charge < -0.3 is 0 Å². The van der Waals surface area contributed by atoms with Crippen molar-refractivity contribution in [2.24, 2.45) is 5.92 Å².